The van der Waals surface area contributed by atoms with Crippen molar-refractivity contribution >= 4 is 17.3 Å². The van der Waals surface area contributed by atoms with Crippen LogP contribution in [0.5, 0.6) is 0 Å². The minimum absolute atomic E-state index is 0.0797. The van der Waals surface area contributed by atoms with E-state index in [4.69, 9.17) is 16.3 Å². The highest BCUT2D eigenvalue weighted by atomic mass is 35.5. The molecule has 1 atom stereocenters. The van der Waals surface area contributed by atoms with Crippen LogP contribution in [0.1, 0.15) is 33.3 Å². The fourth-order valence-electron chi connectivity index (χ4n) is 1.99. The molecular weight excluding hydrogens is 272 g/mol. The van der Waals surface area contributed by atoms with Crippen molar-refractivity contribution in [2.45, 2.75) is 45.8 Å². The van der Waals surface area contributed by atoms with Crippen LogP contribution in [0.15, 0.2) is 18.2 Å². The third-order valence-electron chi connectivity index (χ3n) is 3.30. The van der Waals surface area contributed by atoms with Crippen LogP contribution in [0.25, 0.3) is 0 Å². The topological polar surface area (TPSA) is 24.5 Å². The first-order chi connectivity index (χ1) is 9.24. The molecule has 1 aromatic carbocycles. The van der Waals surface area contributed by atoms with Crippen molar-refractivity contribution in [3.8, 4) is 0 Å². The zero-order chi connectivity index (χ0) is 15.3. The maximum atomic E-state index is 6.14. The van der Waals surface area contributed by atoms with Crippen molar-refractivity contribution in [1.82, 2.24) is 5.32 Å². The van der Waals surface area contributed by atoms with Gasteiger partial charge < -0.3 is 15.0 Å². The molecule has 0 fully saturated rings. The number of benzene rings is 1. The van der Waals surface area contributed by atoms with Gasteiger partial charge in [-0.05, 0) is 51.5 Å². The molecule has 1 aromatic rings. The molecule has 0 bridgehead atoms. The molecule has 0 amide bonds. The Morgan fingerprint density at radius 1 is 1.35 bits per heavy atom. The summed E-state index contributed by atoms with van der Waals surface area (Å²) in [6.45, 7) is 10.1. The fourth-order valence-corrected chi connectivity index (χ4v) is 2.19. The van der Waals surface area contributed by atoms with Gasteiger partial charge in [0.2, 0.25) is 0 Å². The van der Waals surface area contributed by atoms with E-state index in [0.717, 1.165) is 11.6 Å². The number of hydrogen-bond donors (Lipinski definition) is 1. The van der Waals surface area contributed by atoms with Crippen molar-refractivity contribution < 1.29 is 4.74 Å². The lowest BCUT2D eigenvalue weighted by Gasteiger charge is -2.30. The van der Waals surface area contributed by atoms with Crippen molar-refractivity contribution in [3.63, 3.8) is 0 Å². The number of ether oxygens (including phenoxy) is 1. The van der Waals surface area contributed by atoms with Crippen LogP contribution in [-0.2, 0) is 11.3 Å². The molecule has 0 heterocycles. The van der Waals surface area contributed by atoms with E-state index in [0.29, 0.717) is 12.6 Å². The molecule has 20 heavy (non-hydrogen) atoms. The van der Waals surface area contributed by atoms with Gasteiger partial charge in [0.1, 0.15) is 0 Å². The summed E-state index contributed by atoms with van der Waals surface area (Å²) in [5.74, 6) is 0. The molecule has 1 unspecified atom stereocenters. The summed E-state index contributed by atoms with van der Waals surface area (Å²) in [6, 6.07) is 6.36. The van der Waals surface area contributed by atoms with Gasteiger partial charge in [-0.25, -0.2) is 0 Å². The fraction of sp³-hybridized carbons (Fsp3) is 0.625. The highest BCUT2D eigenvalue weighted by molar-refractivity contribution is 6.30. The molecule has 0 radical (unpaired) electrons. The van der Waals surface area contributed by atoms with Crippen LogP contribution >= 0.6 is 11.6 Å². The Balaban J connectivity index is 2.94. The molecule has 1 N–H and O–H groups in total. The van der Waals surface area contributed by atoms with Gasteiger partial charge in [0.15, 0.2) is 0 Å². The second-order valence-corrected chi connectivity index (χ2v) is 6.73. The first-order valence-corrected chi connectivity index (χ1v) is 7.37. The SMILES string of the molecule is COCC(C)N(C)c1ccc(Cl)cc1CNC(C)(C)C. The molecule has 0 aromatic heterocycles. The monoisotopic (exact) mass is 298 g/mol. The molecular formula is C16H27ClN2O. The number of hydrogen-bond acceptors (Lipinski definition) is 3. The first kappa shape index (κ1) is 17.3. The Kier molecular flexibility index (Phi) is 6.31. The van der Waals surface area contributed by atoms with Crippen molar-refractivity contribution in [1.29, 1.82) is 0 Å². The van der Waals surface area contributed by atoms with Gasteiger partial charge in [-0.2, -0.15) is 0 Å². The van der Waals surface area contributed by atoms with Crippen molar-refractivity contribution in [2.24, 2.45) is 0 Å². The quantitative estimate of drug-likeness (QED) is 0.867. The van der Waals surface area contributed by atoms with Crippen molar-refractivity contribution in [3.05, 3.63) is 28.8 Å². The predicted octanol–water partition coefficient (Wildman–Crippen LogP) is 3.70. The molecule has 1 rings (SSSR count). The zero-order valence-electron chi connectivity index (χ0n) is 13.5. The van der Waals surface area contributed by atoms with Crippen LogP contribution in [-0.4, -0.2) is 32.3 Å². The molecule has 0 saturated heterocycles. The van der Waals surface area contributed by atoms with E-state index < -0.39 is 0 Å². The number of nitrogens with one attached hydrogen (secondary N) is 1. The second-order valence-electron chi connectivity index (χ2n) is 6.29. The Morgan fingerprint density at radius 2 is 2.00 bits per heavy atom. The number of nitrogens with zero attached hydrogens (tertiary/aromatic N) is 1. The van der Waals surface area contributed by atoms with E-state index in [9.17, 15) is 0 Å². The molecule has 4 heteroatoms. The summed E-state index contributed by atoms with van der Waals surface area (Å²) in [6.07, 6.45) is 0. The van der Waals surface area contributed by atoms with Gasteiger partial charge in [-0.1, -0.05) is 11.6 Å². The Hall–Kier alpha value is -0.770. The minimum atomic E-state index is 0.0797. The second kappa shape index (κ2) is 7.30. The lowest BCUT2D eigenvalue weighted by molar-refractivity contribution is 0.183. The van der Waals surface area contributed by atoms with Gasteiger partial charge in [0.05, 0.1) is 6.61 Å². The highest BCUT2D eigenvalue weighted by Gasteiger charge is 2.16. The summed E-state index contributed by atoms with van der Waals surface area (Å²) < 4.78 is 5.24. The lowest BCUT2D eigenvalue weighted by Crippen LogP contribution is -2.37. The van der Waals surface area contributed by atoms with E-state index in [2.05, 4.69) is 51.0 Å². The van der Waals surface area contributed by atoms with Crippen LogP contribution < -0.4 is 10.2 Å². The van der Waals surface area contributed by atoms with Gasteiger partial charge >= 0.3 is 0 Å². The number of methoxy groups -OCH3 is 1. The van der Waals surface area contributed by atoms with E-state index in [1.165, 1.54) is 11.3 Å². The smallest absolute Gasteiger partial charge is 0.0663 e. The van der Waals surface area contributed by atoms with E-state index in [-0.39, 0.29) is 5.54 Å². The molecule has 114 valence electrons. The zero-order valence-corrected chi connectivity index (χ0v) is 14.2. The summed E-state index contributed by atoms with van der Waals surface area (Å²) in [7, 11) is 3.82. The third-order valence-corrected chi connectivity index (χ3v) is 3.53. The largest absolute Gasteiger partial charge is 0.383 e. The Bertz CT molecular complexity index is 429. The number of rotatable bonds is 6. The lowest BCUT2D eigenvalue weighted by atomic mass is 10.1. The molecule has 0 aliphatic carbocycles. The van der Waals surface area contributed by atoms with Gasteiger partial charge in [0, 0.05) is 43.0 Å². The van der Waals surface area contributed by atoms with Gasteiger partial charge in [-0.15, -0.1) is 0 Å². The molecule has 0 aliphatic heterocycles. The van der Waals surface area contributed by atoms with Crippen LogP contribution in [0.3, 0.4) is 0 Å². The predicted molar refractivity (Wildman–Crippen MR) is 87.8 cm³/mol. The minimum Gasteiger partial charge on any atom is -0.383 e. The van der Waals surface area contributed by atoms with Crippen LogP contribution in [0.4, 0.5) is 5.69 Å². The van der Waals surface area contributed by atoms with Crippen LogP contribution in [0, 0.1) is 0 Å². The normalized spacial score (nSPS) is 13.3. The van der Waals surface area contributed by atoms with E-state index in [1.807, 2.05) is 12.1 Å². The maximum Gasteiger partial charge on any atom is 0.0663 e. The standard InChI is InChI=1S/C16H27ClN2O/c1-12(11-20-6)19(5)15-8-7-14(17)9-13(15)10-18-16(2,3)4/h7-9,12,18H,10-11H2,1-6H3. The number of anilines is 1. The summed E-state index contributed by atoms with van der Waals surface area (Å²) in [5.41, 5.74) is 2.48. The summed E-state index contributed by atoms with van der Waals surface area (Å²) >= 11 is 6.14. The molecule has 3 nitrogen and oxygen atoms in total. The highest BCUT2D eigenvalue weighted by Crippen LogP contribution is 2.25. The Labute approximate surface area is 128 Å². The summed E-state index contributed by atoms with van der Waals surface area (Å²) in [5, 5.41) is 4.29. The third kappa shape index (κ3) is 5.31. The van der Waals surface area contributed by atoms with Gasteiger partial charge in [-0.3, -0.25) is 0 Å². The van der Waals surface area contributed by atoms with E-state index >= 15 is 0 Å². The Morgan fingerprint density at radius 3 is 2.55 bits per heavy atom. The number of likely N-dealkylation sites (N-methyl/N-ethyl adjacent to an activating group) is 1. The summed E-state index contributed by atoms with van der Waals surface area (Å²) in [4.78, 5) is 2.24. The molecule has 0 spiro atoms. The maximum absolute atomic E-state index is 6.14. The average molecular weight is 299 g/mol. The van der Waals surface area contributed by atoms with E-state index in [1.54, 1.807) is 7.11 Å². The first-order valence-electron chi connectivity index (χ1n) is 7.00. The van der Waals surface area contributed by atoms with Gasteiger partial charge in [0.25, 0.3) is 0 Å². The van der Waals surface area contributed by atoms with Crippen molar-refractivity contribution in [2.75, 3.05) is 25.7 Å². The van der Waals surface area contributed by atoms with Crippen LogP contribution in [0.2, 0.25) is 5.02 Å². The average Bonchev–Trinajstić information content (AvgIpc) is 2.35. The number of halogens is 1. The molecule has 0 aliphatic rings. The molecule has 0 saturated carbocycles.